The summed E-state index contributed by atoms with van der Waals surface area (Å²) in [7, 11) is 0. The van der Waals surface area contributed by atoms with Gasteiger partial charge in [-0.25, -0.2) is 9.97 Å². The van der Waals surface area contributed by atoms with Crippen LogP contribution in [0.1, 0.15) is 14.5 Å². The number of thiophene rings is 1. The molecule has 3 N–H and O–H groups in total. The summed E-state index contributed by atoms with van der Waals surface area (Å²) in [5.41, 5.74) is 5.28. The molecule has 1 amide bonds. The number of nitrogens with two attached hydrogens (primary N) is 1. The van der Waals surface area contributed by atoms with Crippen molar-refractivity contribution in [2.24, 2.45) is 5.73 Å². The maximum Gasteiger partial charge on any atom is 0.268 e. The van der Waals surface area contributed by atoms with Gasteiger partial charge >= 0.3 is 0 Å². The number of aromatic nitrogens is 2. The molecule has 0 aliphatic heterocycles. The quantitative estimate of drug-likeness (QED) is 0.790. The van der Waals surface area contributed by atoms with Crippen molar-refractivity contribution in [3.05, 3.63) is 40.3 Å². The Labute approximate surface area is 108 Å². The first-order chi connectivity index (χ1) is 8.79. The molecular formula is C12H10N4OS. The van der Waals surface area contributed by atoms with Crippen molar-refractivity contribution in [1.82, 2.24) is 9.97 Å². The van der Waals surface area contributed by atoms with E-state index in [1.807, 2.05) is 0 Å². The summed E-state index contributed by atoms with van der Waals surface area (Å²) in [5.74, 6) is 5.65. The third-order valence-electron chi connectivity index (χ3n) is 1.93. The molecule has 18 heavy (non-hydrogen) atoms. The highest BCUT2D eigenvalue weighted by molar-refractivity contribution is 7.14. The number of rotatable bonds is 2. The van der Waals surface area contributed by atoms with Crippen molar-refractivity contribution >= 4 is 23.2 Å². The van der Waals surface area contributed by atoms with Gasteiger partial charge in [0.15, 0.2) is 0 Å². The lowest BCUT2D eigenvalue weighted by Crippen LogP contribution is -2.12. The predicted molar refractivity (Wildman–Crippen MR) is 70.2 cm³/mol. The van der Waals surface area contributed by atoms with Gasteiger partial charge < -0.3 is 5.73 Å². The van der Waals surface area contributed by atoms with E-state index in [-0.39, 0.29) is 11.9 Å². The zero-order chi connectivity index (χ0) is 12.8. The highest BCUT2D eigenvalue weighted by Gasteiger charge is 2.09. The summed E-state index contributed by atoms with van der Waals surface area (Å²) in [6, 6.07) is 5.18. The van der Waals surface area contributed by atoms with E-state index >= 15 is 0 Å². The second-order valence-corrected chi connectivity index (χ2v) is 4.28. The summed E-state index contributed by atoms with van der Waals surface area (Å²) in [5, 5.41) is 2.60. The fourth-order valence-corrected chi connectivity index (χ4v) is 1.97. The number of nitrogens with one attached hydrogen (secondary N) is 1. The SMILES string of the molecule is NCC#Cc1ccc(C(=O)Nc2ncccn2)s1. The van der Waals surface area contributed by atoms with Gasteiger partial charge in [-0.2, -0.15) is 0 Å². The minimum absolute atomic E-state index is 0.244. The van der Waals surface area contributed by atoms with E-state index in [0.717, 1.165) is 4.88 Å². The molecule has 90 valence electrons. The average Bonchev–Trinajstić information content (AvgIpc) is 2.86. The molecule has 0 unspecified atom stereocenters. The van der Waals surface area contributed by atoms with Crippen LogP contribution >= 0.6 is 11.3 Å². The smallest absolute Gasteiger partial charge is 0.268 e. The lowest BCUT2D eigenvalue weighted by Gasteiger charge is -1.99. The van der Waals surface area contributed by atoms with Crippen LogP contribution < -0.4 is 11.1 Å². The van der Waals surface area contributed by atoms with E-state index in [0.29, 0.717) is 11.4 Å². The Balaban J connectivity index is 2.08. The summed E-state index contributed by atoms with van der Waals surface area (Å²) in [4.78, 5) is 21.0. The lowest BCUT2D eigenvalue weighted by molar-refractivity contribution is 0.102. The number of hydrogen-bond acceptors (Lipinski definition) is 5. The third kappa shape index (κ3) is 3.13. The van der Waals surface area contributed by atoms with Crippen LogP contribution in [-0.2, 0) is 0 Å². The summed E-state index contributed by atoms with van der Waals surface area (Å²) in [6.45, 7) is 0.303. The average molecular weight is 258 g/mol. The standard InChI is InChI=1S/C12H10N4OS/c13-6-1-3-9-4-5-10(18-9)11(17)16-12-14-7-2-8-15-12/h2,4-5,7-8H,6,13H2,(H,14,15,16,17). The minimum atomic E-state index is -0.244. The fourth-order valence-electron chi connectivity index (χ4n) is 1.19. The molecule has 0 bridgehead atoms. The van der Waals surface area contributed by atoms with Crippen molar-refractivity contribution in [3.8, 4) is 11.8 Å². The molecular weight excluding hydrogens is 248 g/mol. The van der Waals surface area contributed by atoms with Crippen molar-refractivity contribution in [3.63, 3.8) is 0 Å². The molecule has 0 aliphatic rings. The Hall–Kier alpha value is -2.23. The van der Waals surface area contributed by atoms with E-state index in [4.69, 9.17) is 5.73 Å². The molecule has 0 radical (unpaired) electrons. The Morgan fingerprint density at radius 2 is 2.17 bits per heavy atom. The normalized spacial score (nSPS) is 9.39. The highest BCUT2D eigenvalue weighted by atomic mass is 32.1. The first kappa shape index (κ1) is 12.2. The van der Waals surface area contributed by atoms with Crippen LogP contribution in [-0.4, -0.2) is 22.4 Å². The fraction of sp³-hybridized carbons (Fsp3) is 0.0833. The number of carbonyl (C=O) groups excluding carboxylic acids is 1. The summed E-state index contributed by atoms with van der Waals surface area (Å²) >= 11 is 1.30. The molecule has 6 heteroatoms. The van der Waals surface area contributed by atoms with Crippen LogP contribution in [0.25, 0.3) is 0 Å². The molecule has 0 atom stereocenters. The van der Waals surface area contributed by atoms with Crippen LogP contribution in [0.15, 0.2) is 30.6 Å². The van der Waals surface area contributed by atoms with Gasteiger partial charge in [-0.3, -0.25) is 10.1 Å². The van der Waals surface area contributed by atoms with Crippen LogP contribution in [0.4, 0.5) is 5.95 Å². The maximum atomic E-state index is 11.8. The van der Waals surface area contributed by atoms with Crippen molar-refractivity contribution in [2.75, 3.05) is 11.9 Å². The Kier molecular flexibility index (Phi) is 4.02. The molecule has 5 nitrogen and oxygen atoms in total. The van der Waals surface area contributed by atoms with E-state index < -0.39 is 0 Å². The molecule has 0 fully saturated rings. The number of nitrogens with zero attached hydrogens (tertiary/aromatic N) is 2. The summed E-state index contributed by atoms with van der Waals surface area (Å²) in [6.07, 6.45) is 3.13. The van der Waals surface area contributed by atoms with E-state index in [1.54, 1.807) is 30.6 Å². The van der Waals surface area contributed by atoms with Crippen molar-refractivity contribution in [2.45, 2.75) is 0 Å². The van der Waals surface area contributed by atoms with Gasteiger partial charge in [0.2, 0.25) is 5.95 Å². The van der Waals surface area contributed by atoms with Gasteiger partial charge in [0.1, 0.15) is 0 Å². The Morgan fingerprint density at radius 1 is 1.39 bits per heavy atom. The van der Waals surface area contributed by atoms with Gasteiger partial charge in [-0.15, -0.1) is 11.3 Å². The van der Waals surface area contributed by atoms with E-state index in [2.05, 4.69) is 27.1 Å². The Bertz CT molecular complexity index is 597. The first-order valence-electron chi connectivity index (χ1n) is 5.17. The number of amides is 1. The molecule has 0 spiro atoms. The largest absolute Gasteiger partial charge is 0.320 e. The number of anilines is 1. The van der Waals surface area contributed by atoms with Gasteiger partial charge in [0, 0.05) is 12.4 Å². The van der Waals surface area contributed by atoms with Crippen LogP contribution in [0.3, 0.4) is 0 Å². The predicted octanol–water partition coefficient (Wildman–Crippen LogP) is 1.10. The van der Waals surface area contributed by atoms with Gasteiger partial charge in [-0.05, 0) is 18.2 Å². The molecule has 0 saturated heterocycles. The van der Waals surface area contributed by atoms with Crippen LogP contribution in [0.5, 0.6) is 0 Å². The molecule has 2 aromatic heterocycles. The van der Waals surface area contributed by atoms with Gasteiger partial charge in [-0.1, -0.05) is 11.8 Å². The summed E-state index contributed by atoms with van der Waals surface area (Å²) < 4.78 is 0. The third-order valence-corrected chi connectivity index (χ3v) is 2.93. The van der Waals surface area contributed by atoms with Gasteiger partial charge in [0.05, 0.1) is 16.3 Å². The number of carbonyl (C=O) groups is 1. The van der Waals surface area contributed by atoms with Crippen molar-refractivity contribution < 1.29 is 4.79 Å². The maximum absolute atomic E-state index is 11.8. The highest BCUT2D eigenvalue weighted by Crippen LogP contribution is 2.16. The zero-order valence-corrected chi connectivity index (χ0v) is 10.2. The first-order valence-corrected chi connectivity index (χ1v) is 5.98. The second-order valence-electron chi connectivity index (χ2n) is 3.20. The van der Waals surface area contributed by atoms with E-state index in [1.165, 1.54) is 11.3 Å². The van der Waals surface area contributed by atoms with Gasteiger partial charge in [0.25, 0.3) is 5.91 Å². The monoisotopic (exact) mass is 258 g/mol. The molecule has 2 rings (SSSR count). The van der Waals surface area contributed by atoms with Crippen LogP contribution in [0, 0.1) is 11.8 Å². The second kappa shape index (κ2) is 5.91. The molecule has 2 aromatic rings. The zero-order valence-electron chi connectivity index (χ0n) is 9.38. The molecule has 0 aromatic carbocycles. The number of hydrogen-bond donors (Lipinski definition) is 2. The molecule has 2 heterocycles. The Morgan fingerprint density at radius 3 is 2.89 bits per heavy atom. The van der Waals surface area contributed by atoms with Crippen molar-refractivity contribution in [1.29, 1.82) is 0 Å². The lowest BCUT2D eigenvalue weighted by atomic mass is 10.4. The van der Waals surface area contributed by atoms with E-state index in [9.17, 15) is 4.79 Å². The molecule has 0 saturated carbocycles. The molecule has 0 aliphatic carbocycles. The minimum Gasteiger partial charge on any atom is -0.320 e. The van der Waals surface area contributed by atoms with Crippen LogP contribution in [0.2, 0.25) is 0 Å². The topological polar surface area (TPSA) is 80.9 Å².